The lowest BCUT2D eigenvalue weighted by Gasteiger charge is -2.02. The SMILES string of the molecule is C[C@@H](Sc1n[nH]c(-c2ccccc2F)n1)c1nnc(-c2ccc([N+](=O)[O-])cc2)o1. The molecule has 1 N–H and O–H groups in total. The summed E-state index contributed by atoms with van der Waals surface area (Å²) in [6, 6.07) is 12.1. The van der Waals surface area contributed by atoms with Crippen LogP contribution in [0, 0.1) is 15.9 Å². The molecule has 4 aromatic rings. The number of rotatable bonds is 6. The number of aromatic nitrogens is 5. The molecule has 0 radical (unpaired) electrons. The number of benzene rings is 2. The average molecular weight is 412 g/mol. The number of nitrogens with one attached hydrogen (secondary N) is 1. The summed E-state index contributed by atoms with van der Waals surface area (Å²) in [5.74, 6) is 0.540. The van der Waals surface area contributed by atoms with E-state index in [1.54, 1.807) is 30.3 Å². The van der Waals surface area contributed by atoms with Gasteiger partial charge in [-0.25, -0.2) is 9.37 Å². The summed E-state index contributed by atoms with van der Waals surface area (Å²) in [7, 11) is 0. The standard InChI is InChI=1S/C18H13FN6O3S/c1-10(29-18-20-15(21-24-18)13-4-2-3-5-14(13)19)16-22-23-17(28-16)11-6-8-12(9-7-11)25(26)27/h2-10H,1H3,(H,20,21,24)/t10-/m1/s1. The van der Waals surface area contributed by atoms with Crippen LogP contribution in [0.4, 0.5) is 10.1 Å². The molecule has 2 heterocycles. The van der Waals surface area contributed by atoms with Crippen molar-refractivity contribution < 1.29 is 13.7 Å². The molecule has 0 aliphatic rings. The first-order chi connectivity index (χ1) is 14.0. The van der Waals surface area contributed by atoms with Crippen LogP contribution in [0.15, 0.2) is 58.1 Å². The molecule has 29 heavy (non-hydrogen) atoms. The van der Waals surface area contributed by atoms with Crippen molar-refractivity contribution in [1.29, 1.82) is 0 Å². The summed E-state index contributed by atoms with van der Waals surface area (Å²) in [6.45, 7) is 1.84. The van der Waals surface area contributed by atoms with E-state index in [4.69, 9.17) is 4.42 Å². The van der Waals surface area contributed by atoms with E-state index in [2.05, 4.69) is 25.4 Å². The number of aromatic amines is 1. The summed E-state index contributed by atoms with van der Waals surface area (Å²) in [5, 5.41) is 25.7. The van der Waals surface area contributed by atoms with Gasteiger partial charge in [0.2, 0.25) is 16.9 Å². The van der Waals surface area contributed by atoms with Crippen LogP contribution in [0.2, 0.25) is 0 Å². The van der Waals surface area contributed by atoms with Crippen LogP contribution in [0.25, 0.3) is 22.8 Å². The second-order valence-electron chi connectivity index (χ2n) is 5.96. The van der Waals surface area contributed by atoms with Crippen molar-refractivity contribution in [2.75, 3.05) is 0 Å². The maximum Gasteiger partial charge on any atom is 0.269 e. The summed E-state index contributed by atoms with van der Waals surface area (Å²) < 4.78 is 19.6. The number of thioether (sulfide) groups is 1. The van der Waals surface area contributed by atoms with Crippen molar-refractivity contribution in [2.45, 2.75) is 17.3 Å². The molecule has 1 atom stereocenters. The molecule has 9 nitrogen and oxygen atoms in total. The van der Waals surface area contributed by atoms with Gasteiger partial charge in [-0.2, -0.15) is 0 Å². The molecule has 0 aliphatic heterocycles. The normalized spacial score (nSPS) is 12.1. The second kappa shape index (κ2) is 7.80. The zero-order valence-electron chi connectivity index (χ0n) is 14.9. The Morgan fingerprint density at radius 2 is 1.93 bits per heavy atom. The van der Waals surface area contributed by atoms with Gasteiger partial charge >= 0.3 is 0 Å². The molecule has 2 aromatic carbocycles. The minimum absolute atomic E-state index is 0.0207. The monoisotopic (exact) mass is 412 g/mol. The van der Waals surface area contributed by atoms with E-state index in [9.17, 15) is 14.5 Å². The van der Waals surface area contributed by atoms with Crippen molar-refractivity contribution in [3.05, 3.63) is 70.4 Å². The minimum Gasteiger partial charge on any atom is -0.419 e. The Bertz CT molecular complexity index is 1160. The summed E-state index contributed by atoms with van der Waals surface area (Å²) in [6.07, 6.45) is 0. The molecule has 11 heteroatoms. The zero-order valence-corrected chi connectivity index (χ0v) is 15.8. The Morgan fingerprint density at radius 1 is 1.17 bits per heavy atom. The highest BCUT2D eigenvalue weighted by Gasteiger charge is 2.19. The quantitative estimate of drug-likeness (QED) is 0.280. The lowest BCUT2D eigenvalue weighted by atomic mass is 10.2. The molecule has 0 fully saturated rings. The van der Waals surface area contributed by atoms with E-state index in [0.29, 0.717) is 28.0 Å². The number of H-pyrrole nitrogens is 1. The average Bonchev–Trinajstić information content (AvgIpc) is 3.38. The van der Waals surface area contributed by atoms with Crippen molar-refractivity contribution in [2.24, 2.45) is 0 Å². The summed E-state index contributed by atoms with van der Waals surface area (Å²) >= 11 is 1.27. The smallest absolute Gasteiger partial charge is 0.269 e. The molecular weight excluding hydrogens is 399 g/mol. The number of halogens is 1. The number of non-ortho nitro benzene ring substituents is 1. The Kier molecular flexibility index (Phi) is 5.04. The molecule has 4 rings (SSSR count). The van der Waals surface area contributed by atoms with Crippen LogP contribution < -0.4 is 0 Å². The molecule has 0 saturated heterocycles. The number of hydrogen-bond donors (Lipinski definition) is 1. The molecule has 0 saturated carbocycles. The lowest BCUT2D eigenvalue weighted by Crippen LogP contribution is -1.90. The molecule has 0 amide bonds. The molecule has 146 valence electrons. The molecular formula is C18H13FN6O3S. The zero-order chi connectivity index (χ0) is 20.4. The largest absolute Gasteiger partial charge is 0.419 e. The van der Waals surface area contributed by atoms with Gasteiger partial charge in [0.25, 0.3) is 5.69 Å². The Balaban J connectivity index is 1.48. The third kappa shape index (κ3) is 3.99. The first-order valence-corrected chi connectivity index (χ1v) is 9.31. The summed E-state index contributed by atoms with van der Waals surface area (Å²) in [4.78, 5) is 14.6. The van der Waals surface area contributed by atoms with Gasteiger partial charge in [0.1, 0.15) is 5.82 Å². The fourth-order valence-corrected chi connectivity index (χ4v) is 3.28. The number of nitro groups is 1. The third-order valence-corrected chi connectivity index (χ3v) is 4.94. The van der Waals surface area contributed by atoms with Gasteiger partial charge in [-0.05, 0) is 31.2 Å². The van der Waals surface area contributed by atoms with Crippen molar-refractivity contribution >= 4 is 17.4 Å². The van der Waals surface area contributed by atoms with E-state index in [-0.39, 0.29) is 16.8 Å². The van der Waals surface area contributed by atoms with E-state index in [1.165, 1.54) is 30.0 Å². The van der Waals surface area contributed by atoms with Gasteiger partial charge in [-0.1, -0.05) is 23.9 Å². The van der Waals surface area contributed by atoms with Crippen LogP contribution >= 0.6 is 11.8 Å². The number of hydrogen-bond acceptors (Lipinski definition) is 8. The van der Waals surface area contributed by atoms with E-state index >= 15 is 0 Å². The maximum atomic E-state index is 13.9. The lowest BCUT2D eigenvalue weighted by molar-refractivity contribution is -0.384. The van der Waals surface area contributed by atoms with E-state index < -0.39 is 10.7 Å². The highest BCUT2D eigenvalue weighted by Crippen LogP contribution is 2.34. The molecule has 0 spiro atoms. The van der Waals surface area contributed by atoms with Crippen molar-refractivity contribution in [3.8, 4) is 22.8 Å². The molecule has 2 aromatic heterocycles. The van der Waals surface area contributed by atoms with Crippen LogP contribution in [-0.2, 0) is 0 Å². The van der Waals surface area contributed by atoms with E-state index in [0.717, 1.165) is 0 Å². The van der Waals surface area contributed by atoms with Crippen LogP contribution in [-0.4, -0.2) is 30.3 Å². The van der Waals surface area contributed by atoms with Crippen LogP contribution in [0.5, 0.6) is 0 Å². The van der Waals surface area contributed by atoms with Crippen molar-refractivity contribution in [3.63, 3.8) is 0 Å². The Hall–Kier alpha value is -3.60. The highest BCUT2D eigenvalue weighted by molar-refractivity contribution is 7.99. The fraction of sp³-hybridized carbons (Fsp3) is 0.111. The molecule has 0 unspecified atom stereocenters. The minimum atomic E-state index is -0.478. The molecule has 0 aliphatic carbocycles. The summed E-state index contributed by atoms with van der Waals surface area (Å²) in [5.41, 5.74) is 0.886. The van der Waals surface area contributed by atoms with Crippen molar-refractivity contribution in [1.82, 2.24) is 25.4 Å². The predicted octanol–water partition coefficient (Wildman–Crippen LogP) is 4.42. The fourth-order valence-electron chi connectivity index (χ4n) is 2.52. The number of nitrogens with zero attached hydrogens (tertiary/aromatic N) is 5. The first kappa shape index (κ1) is 18.7. The van der Waals surface area contributed by atoms with Crippen LogP contribution in [0.1, 0.15) is 18.1 Å². The van der Waals surface area contributed by atoms with Gasteiger partial charge in [0, 0.05) is 17.7 Å². The maximum absolute atomic E-state index is 13.9. The second-order valence-corrected chi connectivity index (χ2v) is 7.26. The first-order valence-electron chi connectivity index (χ1n) is 8.43. The van der Waals surface area contributed by atoms with Crippen LogP contribution in [0.3, 0.4) is 0 Å². The van der Waals surface area contributed by atoms with Gasteiger partial charge in [0.15, 0.2) is 5.82 Å². The Labute approximate surface area is 167 Å². The van der Waals surface area contributed by atoms with Gasteiger partial charge in [0.05, 0.1) is 15.7 Å². The van der Waals surface area contributed by atoms with E-state index in [1.807, 2.05) is 6.92 Å². The predicted molar refractivity (Wildman–Crippen MR) is 102 cm³/mol. The Morgan fingerprint density at radius 3 is 2.66 bits per heavy atom. The third-order valence-electron chi connectivity index (χ3n) is 3.99. The van der Waals surface area contributed by atoms with Gasteiger partial charge < -0.3 is 4.42 Å². The van der Waals surface area contributed by atoms with Gasteiger partial charge in [-0.3, -0.25) is 15.2 Å². The molecule has 0 bridgehead atoms. The van der Waals surface area contributed by atoms with Gasteiger partial charge in [-0.15, -0.1) is 15.3 Å². The number of nitro benzene ring substituents is 1. The topological polar surface area (TPSA) is 124 Å². The highest BCUT2D eigenvalue weighted by atomic mass is 32.2.